The Kier molecular flexibility index (Phi) is 5.86. The maximum Gasteiger partial charge on any atom is 0.343 e. The van der Waals surface area contributed by atoms with Gasteiger partial charge in [-0.3, -0.25) is 20.2 Å². The first-order valence-corrected chi connectivity index (χ1v) is 9.11. The van der Waals surface area contributed by atoms with Crippen LogP contribution in [0.1, 0.15) is 15.9 Å². The lowest BCUT2D eigenvalue weighted by Gasteiger charge is -2.17. The standard InChI is InChI=1S/C19H13BrN2O5S/c1-26-13-5-2-10(3-6-13)18(25)27-15-7-4-12(20)8-11(15)9-14-16(23)21-19(28)22-17(14)24/h2-9H,1H3,(H2,21,22,23,24,28). The van der Waals surface area contributed by atoms with Crippen LogP contribution < -0.4 is 20.1 Å². The van der Waals surface area contributed by atoms with E-state index >= 15 is 0 Å². The molecule has 0 saturated carbocycles. The van der Waals surface area contributed by atoms with Gasteiger partial charge in [-0.2, -0.15) is 0 Å². The Hall–Kier alpha value is -3.04. The Morgan fingerprint density at radius 1 is 1.07 bits per heavy atom. The maximum atomic E-state index is 12.4. The van der Waals surface area contributed by atoms with Gasteiger partial charge in [-0.25, -0.2) is 4.79 Å². The molecule has 2 N–H and O–H groups in total. The van der Waals surface area contributed by atoms with Crippen molar-refractivity contribution in [2.24, 2.45) is 0 Å². The molecule has 0 atom stereocenters. The largest absolute Gasteiger partial charge is 0.497 e. The number of nitrogens with one attached hydrogen (secondary N) is 2. The van der Waals surface area contributed by atoms with Gasteiger partial charge in [0.05, 0.1) is 12.7 Å². The number of methoxy groups -OCH3 is 1. The van der Waals surface area contributed by atoms with Crippen LogP contribution in [0, 0.1) is 0 Å². The molecular weight excluding hydrogens is 448 g/mol. The molecular formula is C19H13BrN2O5S. The van der Waals surface area contributed by atoms with Gasteiger partial charge in [0.25, 0.3) is 11.8 Å². The predicted molar refractivity (Wildman–Crippen MR) is 109 cm³/mol. The summed E-state index contributed by atoms with van der Waals surface area (Å²) in [5, 5.41) is 4.64. The van der Waals surface area contributed by atoms with E-state index in [2.05, 4.69) is 26.6 Å². The monoisotopic (exact) mass is 460 g/mol. The number of esters is 1. The Morgan fingerprint density at radius 3 is 2.32 bits per heavy atom. The zero-order valence-electron chi connectivity index (χ0n) is 14.4. The molecule has 0 unspecified atom stereocenters. The lowest BCUT2D eigenvalue weighted by Crippen LogP contribution is -2.51. The summed E-state index contributed by atoms with van der Waals surface area (Å²) >= 11 is 8.10. The number of ether oxygens (including phenoxy) is 2. The van der Waals surface area contributed by atoms with Gasteiger partial charge in [0.1, 0.15) is 17.1 Å². The molecule has 2 aromatic carbocycles. The predicted octanol–water partition coefficient (Wildman–Crippen LogP) is 2.59. The van der Waals surface area contributed by atoms with Crippen molar-refractivity contribution < 1.29 is 23.9 Å². The van der Waals surface area contributed by atoms with Crippen LogP contribution in [0.4, 0.5) is 0 Å². The van der Waals surface area contributed by atoms with E-state index in [1.807, 2.05) is 0 Å². The normalized spacial score (nSPS) is 13.5. The van der Waals surface area contributed by atoms with Crippen molar-refractivity contribution in [3.8, 4) is 11.5 Å². The molecule has 0 radical (unpaired) electrons. The van der Waals surface area contributed by atoms with Crippen molar-refractivity contribution in [3.63, 3.8) is 0 Å². The SMILES string of the molecule is COc1ccc(C(=O)Oc2ccc(Br)cc2C=C2C(=O)NC(=S)NC2=O)cc1. The van der Waals surface area contributed by atoms with Gasteiger partial charge < -0.3 is 9.47 Å². The van der Waals surface area contributed by atoms with E-state index in [9.17, 15) is 14.4 Å². The van der Waals surface area contributed by atoms with Gasteiger partial charge >= 0.3 is 5.97 Å². The van der Waals surface area contributed by atoms with Crippen LogP contribution in [0.5, 0.6) is 11.5 Å². The number of hydrogen-bond donors (Lipinski definition) is 2. The topological polar surface area (TPSA) is 93.7 Å². The molecule has 9 heteroatoms. The van der Waals surface area contributed by atoms with E-state index in [4.69, 9.17) is 21.7 Å². The highest BCUT2D eigenvalue weighted by Gasteiger charge is 2.26. The highest BCUT2D eigenvalue weighted by Crippen LogP contribution is 2.27. The second kappa shape index (κ2) is 8.32. The number of halogens is 1. The Labute approximate surface area is 173 Å². The molecule has 1 heterocycles. The molecule has 1 fully saturated rings. The summed E-state index contributed by atoms with van der Waals surface area (Å²) in [6, 6.07) is 11.3. The first kappa shape index (κ1) is 19.7. The van der Waals surface area contributed by atoms with Gasteiger partial charge in [0.2, 0.25) is 0 Å². The number of rotatable bonds is 4. The van der Waals surface area contributed by atoms with Crippen molar-refractivity contribution in [3.05, 3.63) is 63.6 Å². The number of amides is 2. The van der Waals surface area contributed by atoms with E-state index < -0.39 is 17.8 Å². The second-order valence-corrected chi connectivity index (χ2v) is 6.92. The number of carbonyl (C=O) groups excluding carboxylic acids is 3. The molecule has 28 heavy (non-hydrogen) atoms. The highest BCUT2D eigenvalue weighted by atomic mass is 79.9. The van der Waals surface area contributed by atoms with Gasteiger partial charge in [-0.15, -0.1) is 0 Å². The number of carbonyl (C=O) groups is 3. The minimum Gasteiger partial charge on any atom is -0.497 e. The van der Waals surface area contributed by atoms with Crippen LogP contribution >= 0.6 is 28.1 Å². The highest BCUT2D eigenvalue weighted by molar-refractivity contribution is 9.10. The Bertz CT molecular complexity index is 995. The third kappa shape index (κ3) is 4.44. The average Bonchev–Trinajstić information content (AvgIpc) is 2.66. The molecule has 1 aliphatic rings. The number of benzene rings is 2. The van der Waals surface area contributed by atoms with Crippen LogP contribution in [-0.2, 0) is 9.59 Å². The smallest absolute Gasteiger partial charge is 0.343 e. The summed E-state index contributed by atoms with van der Waals surface area (Å²) in [7, 11) is 1.53. The van der Waals surface area contributed by atoms with E-state index in [0.717, 1.165) is 0 Å². The zero-order valence-corrected chi connectivity index (χ0v) is 16.8. The van der Waals surface area contributed by atoms with Crippen molar-refractivity contribution in [2.75, 3.05) is 7.11 Å². The lowest BCUT2D eigenvalue weighted by atomic mass is 10.1. The van der Waals surface area contributed by atoms with Crippen molar-refractivity contribution >= 4 is 57.1 Å². The molecule has 0 spiro atoms. The molecule has 0 aromatic heterocycles. The van der Waals surface area contributed by atoms with Crippen molar-refractivity contribution in [1.82, 2.24) is 10.6 Å². The zero-order chi connectivity index (χ0) is 20.3. The van der Waals surface area contributed by atoms with E-state index in [1.54, 1.807) is 42.5 Å². The summed E-state index contributed by atoms with van der Waals surface area (Å²) in [5.74, 6) is -1.08. The van der Waals surface area contributed by atoms with Crippen molar-refractivity contribution in [1.29, 1.82) is 0 Å². The first-order chi connectivity index (χ1) is 13.4. The molecule has 2 amide bonds. The minimum absolute atomic E-state index is 0.0625. The van der Waals surface area contributed by atoms with Crippen LogP contribution in [0.25, 0.3) is 6.08 Å². The van der Waals surface area contributed by atoms with Gasteiger partial charge in [0, 0.05) is 10.0 Å². The van der Waals surface area contributed by atoms with Gasteiger partial charge in [-0.1, -0.05) is 15.9 Å². The average molecular weight is 461 g/mol. The fraction of sp³-hybridized carbons (Fsp3) is 0.0526. The molecule has 2 aromatic rings. The van der Waals surface area contributed by atoms with E-state index in [-0.39, 0.29) is 16.4 Å². The Balaban J connectivity index is 1.91. The minimum atomic E-state index is -0.638. The summed E-state index contributed by atoms with van der Waals surface area (Å²) in [4.78, 5) is 36.6. The van der Waals surface area contributed by atoms with Gasteiger partial charge in [0.15, 0.2) is 5.11 Å². The number of thiocarbonyl (C=S) groups is 1. The summed E-state index contributed by atoms with van der Waals surface area (Å²) < 4.78 is 11.2. The third-order valence-corrected chi connectivity index (χ3v) is 4.44. The first-order valence-electron chi connectivity index (χ1n) is 7.91. The summed E-state index contributed by atoms with van der Waals surface area (Å²) in [6.07, 6.45) is 1.33. The Morgan fingerprint density at radius 2 is 1.71 bits per heavy atom. The molecule has 3 rings (SSSR count). The van der Waals surface area contributed by atoms with E-state index in [1.165, 1.54) is 13.2 Å². The van der Waals surface area contributed by atoms with Crippen LogP contribution in [0.15, 0.2) is 52.5 Å². The van der Waals surface area contributed by atoms with Crippen LogP contribution in [-0.4, -0.2) is 30.0 Å². The third-order valence-electron chi connectivity index (χ3n) is 3.74. The fourth-order valence-electron chi connectivity index (χ4n) is 2.37. The molecule has 1 saturated heterocycles. The maximum absolute atomic E-state index is 12.4. The second-order valence-electron chi connectivity index (χ2n) is 5.60. The summed E-state index contributed by atoms with van der Waals surface area (Å²) in [5.41, 5.74) is 0.527. The van der Waals surface area contributed by atoms with Gasteiger partial charge in [-0.05, 0) is 60.8 Å². The molecule has 1 aliphatic heterocycles. The number of hydrogen-bond acceptors (Lipinski definition) is 6. The van der Waals surface area contributed by atoms with Crippen molar-refractivity contribution in [2.45, 2.75) is 0 Å². The van der Waals surface area contributed by atoms with E-state index in [0.29, 0.717) is 21.3 Å². The van der Waals surface area contributed by atoms with Crippen LogP contribution in [0.2, 0.25) is 0 Å². The lowest BCUT2D eigenvalue weighted by molar-refractivity contribution is -0.123. The quantitative estimate of drug-likeness (QED) is 0.239. The summed E-state index contributed by atoms with van der Waals surface area (Å²) in [6.45, 7) is 0. The molecule has 142 valence electrons. The fourth-order valence-corrected chi connectivity index (χ4v) is 2.94. The molecule has 0 aliphatic carbocycles. The molecule has 7 nitrogen and oxygen atoms in total. The van der Waals surface area contributed by atoms with Crippen LogP contribution in [0.3, 0.4) is 0 Å². The molecule has 0 bridgehead atoms.